The van der Waals surface area contributed by atoms with Crippen molar-refractivity contribution in [1.29, 1.82) is 0 Å². The van der Waals surface area contributed by atoms with E-state index in [1.165, 1.54) is 18.2 Å². The first kappa shape index (κ1) is 15.6. The molecule has 6 heteroatoms. The van der Waals surface area contributed by atoms with Gasteiger partial charge in [-0.3, -0.25) is 0 Å². The van der Waals surface area contributed by atoms with E-state index < -0.39 is 11.9 Å². The van der Waals surface area contributed by atoms with Crippen LogP contribution in [0.25, 0.3) is 0 Å². The van der Waals surface area contributed by atoms with Crippen molar-refractivity contribution < 1.29 is 19.0 Å². The van der Waals surface area contributed by atoms with Gasteiger partial charge in [0.1, 0.15) is 11.6 Å². The number of hydrogen-bond donors (Lipinski definition) is 2. The average Bonchev–Trinajstić information content (AvgIpc) is 2.47. The van der Waals surface area contributed by atoms with E-state index in [1.54, 1.807) is 4.90 Å². The molecule has 0 bridgehead atoms. The number of benzene rings is 1. The Morgan fingerprint density at radius 3 is 3.10 bits per heavy atom. The highest BCUT2D eigenvalue weighted by atomic mass is 19.1. The fourth-order valence-corrected chi connectivity index (χ4v) is 2.26. The second-order valence-corrected chi connectivity index (χ2v) is 5.16. The summed E-state index contributed by atoms with van der Waals surface area (Å²) in [4.78, 5) is 13.7. The monoisotopic (exact) mass is 296 g/mol. The molecule has 0 saturated carbocycles. The summed E-state index contributed by atoms with van der Waals surface area (Å²) in [6.07, 6.45) is 1.80. The van der Waals surface area contributed by atoms with Gasteiger partial charge in [-0.15, -0.1) is 0 Å². The molecule has 0 aromatic heterocycles. The molecule has 1 aromatic rings. The summed E-state index contributed by atoms with van der Waals surface area (Å²) in [5.74, 6) is -0.0877. The second kappa shape index (κ2) is 7.26. The number of amides is 2. The first-order valence-electron chi connectivity index (χ1n) is 7.26. The van der Waals surface area contributed by atoms with Gasteiger partial charge in [0, 0.05) is 19.2 Å². The van der Waals surface area contributed by atoms with Crippen LogP contribution in [-0.4, -0.2) is 41.8 Å². The maximum absolute atomic E-state index is 13.3. The molecular weight excluding hydrogens is 275 g/mol. The van der Waals surface area contributed by atoms with Gasteiger partial charge in [-0.1, -0.05) is 6.92 Å². The topological polar surface area (TPSA) is 61.8 Å². The van der Waals surface area contributed by atoms with Gasteiger partial charge in [-0.2, -0.15) is 0 Å². The van der Waals surface area contributed by atoms with E-state index in [2.05, 4.69) is 5.32 Å². The summed E-state index contributed by atoms with van der Waals surface area (Å²) in [6.45, 7) is 3.33. The zero-order valence-corrected chi connectivity index (χ0v) is 12.1. The summed E-state index contributed by atoms with van der Waals surface area (Å²) < 4.78 is 18.7. The SMILES string of the molecule is CCCOc1cc(F)ccc1NC(=O)N1CCCC(O)C1. The molecule has 1 aliphatic rings. The normalized spacial score (nSPS) is 18.4. The maximum atomic E-state index is 13.3. The Bertz CT molecular complexity index is 496. The number of nitrogens with zero attached hydrogens (tertiary/aromatic N) is 1. The number of ether oxygens (including phenoxy) is 1. The molecule has 21 heavy (non-hydrogen) atoms. The van der Waals surface area contributed by atoms with E-state index in [9.17, 15) is 14.3 Å². The highest BCUT2D eigenvalue weighted by Gasteiger charge is 2.22. The molecule has 0 radical (unpaired) electrons. The number of piperidine rings is 1. The molecule has 0 spiro atoms. The third-order valence-corrected chi connectivity index (χ3v) is 3.33. The summed E-state index contributed by atoms with van der Waals surface area (Å²) in [7, 11) is 0. The predicted octanol–water partition coefficient (Wildman–Crippen LogP) is 2.60. The standard InChI is InChI=1S/C15H21FN2O3/c1-2-8-21-14-9-11(16)5-6-13(14)17-15(20)18-7-3-4-12(19)10-18/h5-6,9,12,19H,2-4,7-8,10H2,1H3,(H,17,20). The molecule has 1 aliphatic heterocycles. The van der Waals surface area contributed by atoms with Crippen molar-refractivity contribution in [1.82, 2.24) is 4.90 Å². The Balaban J connectivity index is 2.05. The fraction of sp³-hybridized carbons (Fsp3) is 0.533. The van der Waals surface area contributed by atoms with Crippen molar-refractivity contribution in [2.75, 3.05) is 25.0 Å². The van der Waals surface area contributed by atoms with Gasteiger partial charge >= 0.3 is 6.03 Å². The molecule has 2 amide bonds. The smallest absolute Gasteiger partial charge is 0.322 e. The maximum Gasteiger partial charge on any atom is 0.322 e. The van der Waals surface area contributed by atoms with E-state index in [0.29, 0.717) is 37.6 Å². The fourth-order valence-electron chi connectivity index (χ4n) is 2.26. The van der Waals surface area contributed by atoms with Crippen LogP contribution in [0.15, 0.2) is 18.2 Å². The van der Waals surface area contributed by atoms with Crippen LogP contribution in [0.3, 0.4) is 0 Å². The summed E-state index contributed by atoms with van der Waals surface area (Å²) in [6, 6.07) is 3.72. The lowest BCUT2D eigenvalue weighted by Crippen LogP contribution is -2.44. The van der Waals surface area contributed by atoms with Crippen LogP contribution >= 0.6 is 0 Å². The number of aliphatic hydroxyl groups is 1. The molecule has 1 atom stereocenters. The van der Waals surface area contributed by atoms with Crippen LogP contribution in [0, 0.1) is 5.82 Å². The van der Waals surface area contributed by atoms with Gasteiger partial charge in [0.25, 0.3) is 0 Å². The Morgan fingerprint density at radius 1 is 1.57 bits per heavy atom. The minimum atomic E-state index is -0.478. The second-order valence-electron chi connectivity index (χ2n) is 5.16. The van der Waals surface area contributed by atoms with E-state index in [0.717, 1.165) is 12.8 Å². The van der Waals surface area contributed by atoms with Gasteiger partial charge in [-0.05, 0) is 31.4 Å². The number of β-amino-alcohol motifs (C(OH)–C–C–N with tert-alkyl or cyclic N) is 1. The lowest BCUT2D eigenvalue weighted by atomic mass is 10.1. The number of aliphatic hydroxyl groups excluding tert-OH is 1. The van der Waals surface area contributed by atoms with Crippen molar-refractivity contribution in [3.05, 3.63) is 24.0 Å². The van der Waals surface area contributed by atoms with Gasteiger partial charge in [0.15, 0.2) is 0 Å². The van der Waals surface area contributed by atoms with Crippen LogP contribution < -0.4 is 10.1 Å². The summed E-state index contributed by atoms with van der Waals surface area (Å²) in [5.41, 5.74) is 0.440. The molecule has 2 rings (SSSR count). The zero-order chi connectivity index (χ0) is 15.2. The Hall–Kier alpha value is -1.82. The number of carbonyl (C=O) groups excluding carboxylic acids is 1. The largest absolute Gasteiger partial charge is 0.491 e. The highest BCUT2D eigenvalue weighted by molar-refractivity contribution is 5.91. The van der Waals surface area contributed by atoms with Crippen LogP contribution in [0.2, 0.25) is 0 Å². The highest BCUT2D eigenvalue weighted by Crippen LogP contribution is 2.26. The minimum absolute atomic E-state index is 0.304. The number of rotatable bonds is 4. The Kier molecular flexibility index (Phi) is 5.38. The van der Waals surface area contributed by atoms with E-state index in [-0.39, 0.29) is 6.03 Å². The molecule has 1 aromatic carbocycles. The molecule has 2 N–H and O–H groups in total. The van der Waals surface area contributed by atoms with Crippen LogP contribution in [0.5, 0.6) is 5.75 Å². The first-order chi connectivity index (χ1) is 10.1. The van der Waals surface area contributed by atoms with E-state index >= 15 is 0 Å². The van der Waals surface area contributed by atoms with Crippen LogP contribution in [0.4, 0.5) is 14.9 Å². The predicted molar refractivity (Wildman–Crippen MR) is 78.0 cm³/mol. The number of anilines is 1. The summed E-state index contributed by atoms with van der Waals surface area (Å²) in [5, 5.41) is 12.3. The van der Waals surface area contributed by atoms with Crippen molar-refractivity contribution in [3.8, 4) is 5.75 Å². The van der Waals surface area contributed by atoms with Gasteiger partial charge in [0.05, 0.1) is 18.4 Å². The Morgan fingerprint density at radius 2 is 2.38 bits per heavy atom. The molecule has 116 valence electrons. The lowest BCUT2D eigenvalue weighted by molar-refractivity contribution is 0.0883. The van der Waals surface area contributed by atoms with Crippen molar-refractivity contribution in [2.45, 2.75) is 32.3 Å². The number of carbonyl (C=O) groups is 1. The number of urea groups is 1. The molecular formula is C15H21FN2O3. The lowest BCUT2D eigenvalue weighted by Gasteiger charge is -2.30. The number of halogens is 1. The molecule has 1 unspecified atom stereocenters. The van der Waals surface area contributed by atoms with Crippen molar-refractivity contribution in [2.24, 2.45) is 0 Å². The molecule has 1 saturated heterocycles. The molecule has 5 nitrogen and oxygen atoms in total. The Labute approximate surface area is 123 Å². The van der Waals surface area contributed by atoms with Crippen molar-refractivity contribution >= 4 is 11.7 Å². The third-order valence-electron chi connectivity index (χ3n) is 3.33. The molecule has 1 heterocycles. The molecule has 0 aliphatic carbocycles. The van der Waals surface area contributed by atoms with Gasteiger partial charge < -0.3 is 20.1 Å². The van der Waals surface area contributed by atoms with E-state index in [4.69, 9.17) is 4.74 Å². The number of likely N-dealkylation sites (tertiary alicyclic amines) is 1. The van der Waals surface area contributed by atoms with Crippen LogP contribution in [0.1, 0.15) is 26.2 Å². The quantitative estimate of drug-likeness (QED) is 0.898. The summed E-state index contributed by atoms with van der Waals surface area (Å²) >= 11 is 0. The average molecular weight is 296 g/mol. The van der Waals surface area contributed by atoms with Crippen molar-refractivity contribution in [3.63, 3.8) is 0 Å². The zero-order valence-electron chi connectivity index (χ0n) is 12.1. The van der Waals surface area contributed by atoms with Crippen LogP contribution in [-0.2, 0) is 0 Å². The number of hydrogen-bond acceptors (Lipinski definition) is 3. The van der Waals surface area contributed by atoms with Gasteiger partial charge in [-0.25, -0.2) is 9.18 Å². The third kappa shape index (κ3) is 4.32. The minimum Gasteiger partial charge on any atom is -0.491 e. The van der Waals surface area contributed by atoms with E-state index in [1.807, 2.05) is 6.92 Å². The first-order valence-corrected chi connectivity index (χ1v) is 7.26. The van der Waals surface area contributed by atoms with Gasteiger partial charge in [0.2, 0.25) is 0 Å². The molecule has 1 fully saturated rings. The number of nitrogens with one attached hydrogen (secondary N) is 1.